The van der Waals surface area contributed by atoms with E-state index in [0.29, 0.717) is 24.1 Å². The molecule has 1 aromatic rings. The standard InChI is InChI=1S/C14H18N2O4S/c1-10(17)11-4-2-5-12(8-11)15-14(18)16-13-6-3-7-21(19,20)9-13/h2,4-5,8,13H,3,6-7,9H2,1H3,(H2,15,16,18). The van der Waals surface area contributed by atoms with Gasteiger partial charge in [0.05, 0.1) is 11.5 Å². The lowest BCUT2D eigenvalue weighted by Gasteiger charge is -2.23. The number of carbonyl (C=O) groups excluding carboxylic acids is 2. The minimum Gasteiger partial charge on any atom is -0.334 e. The van der Waals surface area contributed by atoms with Crippen molar-refractivity contribution in [2.45, 2.75) is 25.8 Å². The molecule has 1 heterocycles. The summed E-state index contributed by atoms with van der Waals surface area (Å²) in [4.78, 5) is 23.1. The fraction of sp³-hybridized carbons (Fsp3) is 0.429. The molecule has 7 heteroatoms. The van der Waals surface area contributed by atoms with E-state index in [2.05, 4.69) is 10.6 Å². The Kier molecular flexibility index (Phi) is 4.62. The molecule has 2 amide bonds. The first kappa shape index (κ1) is 15.5. The SMILES string of the molecule is CC(=O)c1cccc(NC(=O)NC2CCCS(=O)(=O)C2)c1. The highest BCUT2D eigenvalue weighted by Crippen LogP contribution is 2.14. The Morgan fingerprint density at radius 3 is 2.71 bits per heavy atom. The Balaban J connectivity index is 1.95. The summed E-state index contributed by atoms with van der Waals surface area (Å²) in [5.41, 5.74) is 1.01. The van der Waals surface area contributed by atoms with Gasteiger partial charge < -0.3 is 10.6 Å². The number of carbonyl (C=O) groups is 2. The second-order valence-corrected chi connectivity index (χ2v) is 7.42. The summed E-state index contributed by atoms with van der Waals surface area (Å²) in [5, 5.41) is 5.27. The molecule has 1 unspecified atom stereocenters. The Morgan fingerprint density at radius 2 is 2.05 bits per heavy atom. The minimum absolute atomic E-state index is 0.0199. The first-order valence-electron chi connectivity index (χ1n) is 6.75. The van der Waals surface area contributed by atoms with Crippen molar-refractivity contribution in [2.24, 2.45) is 0 Å². The molecule has 6 nitrogen and oxygen atoms in total. The van der Waals surface area contributed by atoms with Crippen LogP contribution in [0.4, 0.5) is 10.5 Å². The van der Waals surface area contributed by atoms with Gasteiger partial charge in [0.25, 0.3) is 0 Å². The number of hydrogen-bond donors (Lipinski definition) is 2. The van der Waals surface area contributed by atoms with Crippen LogP contribution in [-0.4, -0.2) is 37.8 Å². The van der Waals surface area contributed by atoms with Crippen LogP contribution < -0.4 is 10.6 Å². The molecule has 1 saturated heterocycles. The van der Waals surface area contributed by atoms with Crippen molar-refractivity contribution in [1.82, 2.24) is 5.32 Å². The quantitative estimate of drug-likeness (QED) is 0.829. The van der Waals surface area contributed by atoms with Gasteiger partial charge in [0.15, 0.2) is 15.6 Å². The van der Waals surface area contributed by atoms with E-state index in [1.54, 1.807) is 24.3 Å². The summed E-state index contributed by atoms with van der Waals surface area (Å²) in [7, 11) is -3.06. The van der Waals surface area contributed by atoms with Gasteiger partial charge >= 0.3 is 6.03 Å². The van der Waals surface area contributed by atoms with Crippen LogP contribution in [0.15, 0.2) is 24.3 Å². The first-order chi connectivity index (χ1) is 9.85. The van der Waals surface area contributed by atoms with Gasteiger partial charge in [-0.2, -0.15) is 0 Å². The molecule has 0 aliphatic carbocycles. The average Bonchev–Trinajstić information content (AvgIpc) is 2.37. The van der Waals surface area contributed by atoms with Gasteiger partial charge in [-0.05, 0) is 31.9 Å². The van der Waals surface area contributed by atoms with Crippen LogP contribution in [0.1, 0.15) is 30.1 Å². The van der Waals surface area contributed by atoms with Crippen LogP contribution in [0.3, 0.4) is 0 Å². The summed E-state index contributed by atoms with van der Waals surface area (Å²) in [6.07, 6.45) is 1.22. The molecular formula is C14H18N2O4S. The number of nitrogens with one attached hydrogen (secondary N) is 2. The summed E-state index contributed by atoms with van der Waals surface area (Å²) in [6.45, 7) is 1.45. The molecule has 0 spiro atoms. The monoisotopic (exact) mass is 310 g/mol. The summed E-state index contributed by atoms with van der Waals surface area (Å²) >= 11 is 0. The van der Waals surface area contributed by atoms with E-state index in [4.69, 9.17) is 0 Å². The van der Waals surface area contributed by atoms with Crippen LogP contribution in [0.5, 0.6) is 0 Å². The number of Topliss-reactive ketones (excluding diaryl/α,β-unsaturated/α-hetero) is 1. The number of anilines is 1. The lowest BCUT2D eigenvalue weighted by Crippen LogP contribution is -2.44. The second-order valence-electron chi connectivity index (χ2n) is 5.19. The molecule has 1 atom stereocenters. The molecule has 1 aromatic carbocycles. The third-order valence-corrected chi connectivity index (χ3v) is 5.15. The van der Waals surface area contributed by atoms with E-state index >= 15 is 0 Å². The van der Waals surface area contributed by atoms with Crippen LogP contribution in [-0.2, 0) is 9.84 Å². The van der Waals surface area contributed by atoms with E-state index in [1.165, 1.54) is 6.92 Å². The molecule has 1 aliphatic heterocycles. The van der Waals surface area contributed by atoms with Gasteiger partial charge in [-0.1, -0.05) is 12.1 Å². The van der Waals surface area contributed by atoms with Crippen molar-refractivity contribution in [3.8, 4) is 0 Å². The van der Waals surface area contributed by atoms with Crippen LogP contribution in [0.25, 0.3) is 0 Å². The molecular weight excluding hydrogens is 292 g/mol. The largest absolute Gasteiger partial charge is 0.334 e. The molecule has 1 aliphatic rings. The highest BCUT2D eigenvalue weighted by molar-refractivity contribution is 7.91. The lowest BCUT2D eigenvalue weighted by molar-refractivity contribution is 0.101. The van der Waals surface area contributed by atoms with Crippen molar-refractivity contribution >= 4 is 27.3 Å². The van der Waals surface area contributed by atoms with E-state index in [-0.39, 0.29) is 23.3 Å². The number of ketones is 1. The van der Waals surface area contributed by atoms with Crippen molar-refractivity contribution in [3.05, 3.63) is 29.8 Å². The van der Waals surface area contributed by atoms with E-state index in [9.17, 15) is 18.0 Å². The molecule has 0 bridgehead atoms. The fourth-order valence-electron chi connectivity index (χ4n) is 2.31. The Bertz CT molecular complexity index is 655. The molecule has 2 N–H and O–H groups in total. The predicted octanol–water partition coefficient (Wildman–Crippen LogP) is 1.59. The zero-order valence-electron chi connectivity index (χ0n) is 11.8. The van der Waals surface area contributed by atoms with Gasteiger partial charge in [-0.15, -0.1) is 0 Å². The molecule has 1 fully saturated rings. The van der Waals surface area contributed by atoms with Gasteiger partial charge in [0.2, 0.25) is 0 Å². The van der Waals surface area contributed by atoms with E-state index in [0.717, 1.165) is 0 Å². The summed E-state index contributed by atoms with van der Waals surface area (Å²) < 4.78 is 23.0. The van der Waals surface area contributed by atoms with E-state index < -0.39 is 15.9 Å². The van der Waals surface area contributed by atoms with Gasteiger partial charge in [0.1, 0.15) is 0 Å². The minimum atomic E-state index is -3.06. The third-order valence-electron chi connectivity index (χ3n) is 3.33. The second kappa shape index (κ2) is 6.26. The van der Waals surface area contributed by atoms with Crippen molar-refractivity contribution in [2.75, 3.05) is 16.8 Å². The number of rotatable bonds is 3. The predicted molar refractivity (Wildman–Crippen MR) is 80.3 cm³/mol. The van der Waals surface area contributed by atoms with Crippen LogP contribution >= 0.6 is 0 Å². The third kappa shape index (κ3) is 4.56. The zero-order valence-corrected chi connectivity index (χ0v) is 12.6. The van der Waals surface area contributed by atoms with Crippen LogP contribution in [0, 0.1) is 0 Å². The van der Waals surface area contributed by atoms with Gasteiger partial charge in [-0.3, -0.25) is 4.79 Å². The number of hydrogen-bond acceptors (Lipinski definition) is 4. The fourth-order valence-corrected chi connectivity index (χ4v) is 3.94. The average molecular weight is 310 g/mol. The molecule has 0 aromatic heterocycles. The topological polar surface area (TPSA) is 92.3 Å². The molecule has 0 radical (unpaired) electrons. The van der Waals surface area contributed by atoms with Crippen molar-refractivity contribution < 1.29 is 18.0 Å². The number of amides is 2. The molecule has 114 valence electrons. The van der Waals surface area contributed by atoms with Crippen LogP contribution in [0.2, 0.25) is 0 Å². The number of benzene rings is 1. The maximum Gasteiger partial charge on any atom is 0.319 e. The smallest absolute Gasteiger partial charge is 0.319 e. The maximum atomic E-state index is 11.9. The normalized spacial score (nSPS) is 20.5. The van der Waals surface area contributed by atoms with Crippen molar-refractivity contribution in [3.63, 3.8) is 0 Å². The number of urea groups is 1. The maximum absolute atomic E-state index is 11.9. The highest BCUT2D eigenvalue weighted by Gasteiger charge is 2.25. The zero-order chi connectivity index (χ0) is 15.5. The molecule has 21 heavy (non-hydrogen) atoms. The Hall–Kier alpha value is -1.89. The lowest BCUT2D eigenvalue weighted by atomic mass is 10.1. The first-order valence-corrected chi connectivity index (χ1v) is 8.57. The summed E-state index contributed by atoms with van der Waals surface area (Å²) in [6, 6.07) is 5.78. The molecule has 2 rings (SSSR count). The van der Waals surface area contributed by atoms with Gasteiger partial charge in [-0.25, -0.2) is 13.2 Å². The highest BCUT2D eigenvalue weighted by atomic mass is 32.2. The Labute approximate surface area is 123 Å². The van der Waals surface area contributed by atoms with Crippen molar-refractivity contribution in [1.29, 1.82) is 0 Å². The Morgan fingerprint density at radius 1 is 1.29 bits per heavy atom. The van der Waals surface area contributed by atoms with Gasteiger partial charge in [0, 0.05) is 17.3 Å². The number of sulfone groups is 1. The molecule has 0 saturated carbocycles. The summed E-state index contributed by atoms with van der Waals surface area (Å²) in [5.74, 6) is 0.0823. The van der Waals surface area contributed by atoms with E-state index in [1.807, 2.05) is 0 Å².